The molecule has 0 aliphatic carbocycles. The van der Waals surface area contributed by atoms with Crippen LogP contribution in [-0.4, -0.2) is 83.0 Å². The molecule has 3 aliphatic heterocycles. The van der Waals surface area contributed by atoms with Crippen molar-refractivity contribution in [3.05, 3.63) is 0 Å². The molecule has 5 atom stereocenters. The fourth-order valence-corrected chi connectivity index (χ4v) is 5.73. The van der Waals surface area contributed by atoms with Gasteiger partial charge >= 0.3 is 5.97 Å². The number of carbonyl (C=O) groups excluding carboxylic acids is 3. The minimum Gasteiger partial charge on any atom is -0.393 e. The van der Waals surface area contributed by atoms with E-state index in [0.29, 0.717) is 23.7 Å². The van der Waals surface area contributed by atoms with Crippen LogP contribution in [0, 0.1) is 0 Å². The van der Waals surface area contributed by atoms with Crippen molar-refractivity contribution in [2.24, 2.45) is 0 Å². The fraction of sp³-hybridized carbons (Fsp3) is 0.893. The van der Waals surface area contributed by atoms with E-state index in [1.54, 1.807) is 0 Å². The molecule has 0 unspecified atom stereocenters. The zero-order chi connectivity index (χ0) is 26.6. The summed E-state index contributed by atoms with van der Waals surface area (Å²) < 4.78 is 12.1. The van der Waals surface area contributed by atoms with Crippen molar-refractivity contribution in [3.8, 4) is 0 Å². The van der Waals surface area contributed by atoms with Crippen molar-refractivity contribution in [1.82, 2.24) is 9.96 Å². The number of aliphatic hydroxyl groups is 1. The number of hydroxylamine groups is 2. The number of nitrogens with zero attached hydrogens (tertiary/aromatic N) is 2. The van der Waals surface area contributed by atoms with Gasteiger partial charge in [-0.25, -0.2) is 4.79 Å². The Labute approximate surface area is 222 Å². The molecule has 3 rings (SSSR count). The normalized spacial score (nSPS) is 28.8. The van der Waals surface area contributed by atoms with E-state index >= 15 is 0 Å². The summed E-state index contributed by atoms with van der Waals surface area (Å²) in [6.07, 6.45) is 12.9. The highest BCUT2D eigenvalue weighted by Crippen LogP contribution is 2.24. The minimum absolute atomic E-state index is 0.111. The molecule has 0 spiro atoms. The first-order valence-corrected chi connectivity index (χ1v) is 14.6. The number of carbonyl (C=O) groups is 3. The van der Waals surface area contributed by atoms with Crippen LogP contribution < -0.4 is 0 Å². The van der Waals surface area contributed by atoms with Crippen LogP contribution in [-0.2, 0) is 28.7 Å². The van der Waals surface area contributed by atoms with Crippen LogP contribution in [0.25, 0.3) is 0 Å². The number of ether oxygens (including phenoxy) is 2. The fourth-order valence-electron chi connectivity index (χ4n) is 5.73. The van der Waals surface area contributed by atoms with E-state index in [9.17, 15) is 19.5 Å². The van der Waals surface area contributed by atoms with Crippen LogP contribution in [0.1, 0.15) is 110 Å². The summed E-state index contributed by atoms with van der Waals surface area (Å²) in [5.74, 6) is -1.40. The highest BCUT2D eigenvalue weighted by Gasteiger charge is 2.32. The molecule has 1 N–H and O–H groups in total. The molecular formula is C28H48N2O7. The quantitative estimate of drug-likeness (QED) is 0.254. The van der Waals surface area contributed by atoms with Crippen LogP contribution in [0.3, 0.4) is 0 Å². The highest BCUT2D eigenvalue weighted by atomic mass is 16.7. The topological polar surface area (TPSA) is 106 Å². The van der Waals surface area contributed by atoms with E-state index in [-0.39, 0.29) is 37.6 Å². The Hall–Kier alpha value is -1.55. The zero-order valence-corrected chi connectivity index (χ0v) is 22.9. The largest absolute Gasteiger partial charge is 0.393 e. The summed E-state index contributed by atoms with van der Waals surface area (Å²) in [6, 6.07) is 0. The second-order valence-corrected chi connectivity index (χ2v) is 11.2. The van der Waals surface area contributed by atoms with Crippen molar-refractivity contribution < 1.29 is 33.8 Å². The number of hydrogen-bond acceptors (Lipinski definition) is 8. The third-order valence-electron chi connectivity index (χ3n) is 7.68. The summed E-state index contributed by atoms with van der Waals surface area (Å²) >= 11 is 0. The summed E-state index contributed by atoms with van der Waals surface area (Å²) in [6.45, 7) is 7.19. The average molecular weight is 525 g/mol. The first-order chi connectivity index (χ1) is 17.8. The Bertz CT molecular complexity index is 707. The standard InChI is InChI=1S/C28H48N2O7/c1-21-9-6-10-24(35-21)11-7-17-29(18-8-12-25-20-23(31)19-22(2)36-25)16-5-3-4-13-28(34)37-30-26(32)14-15-27(30)33/h21-25,31H,3-20H2,1-2H3/t21-,22+,23-,24+,25+/m0/s1. The maximum absolute atomic E-state index is 12.0. The van der Waals surface area contributed by atoms with Gasteiger partial charge in [-0.1, -0.05) is 6.42 Å². The van der Waals surface area contributed by atoms with Crippen molar-refractivity contribution in [1.29, 1.82) is 0 Å². The number of hydrogen-bond donors (Lipinski definition) is 1. The van der Waals surface area contributed by atoms with Crippen molar-refractivity contribution in [2.75, 3.05) is 19.6 Å². The van der Waals surface area contributed by atoms with Gasteiger partial charge in [0, 0.05) is 19.3 Å². The molecular weight excluding hydrogens is 476 g/mol. The van der Waals surface area contributed by atoms with E-state index in [1.165, 1.54) is 6.42 Å². The van der Waals surface area contributed by atoms with Gasteiger partial charge in [0.05, 0.1) is 30.5 Å². The molecule has 2 amide bonds. The molecule has 0 saturated carbocycles. The number of rotatable bonds is 15. The Kier molecular flexibility index (Phi) is 12.8. The molecule has 37 heavy (non-hydrogen) atoms. The first-order valence-electron chi connectivity index (χ1n) is 14.6. The number of aliphatic hydroxyl groups excluding tert-OH is 1. The third-order valence-corrected chi connectivity index (χ3v) is 7.68. The monoisotopic (exact) mass is 524 g/mol. The Balaban J connectivity index is 1.35. The van der Waals surface area contributed by atoms with Gasteiger partial charge in [-0.05, 0) is 104 Å². The lowest BCUT2D eigenvalue weighted by atomic mass is 9.98. The lowest BCUT2D eigenvalue weighted by molar-refractivity contribution is -0.197. The summed E-state index contributed by atoms with van der Waals surface area (Å²) in [7, 11) is 0. The summed E-state index contributed by atoms with van der Waals surface area (Å²) in [5, 5.41) is 10.7. The van der Waals surface area contributed by atoms with Crippen molar-refractivity contribution in [3.63, 3.8) is 0 Å². The van der Waals surface area contributed by atoms with Gasteiger partial charge in [-0.3, -0.25) is 9.59 Å². The molecule has 0 aromatic carbocycles. The summed E-state index contributed by atoms with van der Waals surface area (Å²) in [5.41, 5.74) is 0. The lowest BCUT2D eigenvalue weighted by Gasteiger charge is -2.32. The van der Waals surface area contributed by atoms with Crippen LogP contribution in [0.15, 0.2) is 0 Å². The number of unbranched alkanes of at least 4 members (excludes halogenated alkanes) is 2. The lowest BCUT2D eigenvalue weighted by Crippen LogP contribution is -2.35. The molecule has 3 aliphatic rings. The summed E-state index contributed by atoms with van der Waals surface area (Å²) in [4.78, 5) is 42.7. The van der Waals surface area contributed by atoms with Crippen LogP contribution in [0.5, 0.6) is 0 Å². The van der Waals surface area contributed by atoms with Gasteiger partial charge in [0.15, 0.2) is 0 Å². The second kappa shape index (κ2) is 15.8. The van der Waals surface area contributed by atoms with E-state index in [1.807, 2.05) is 6.92 Å². The van der Waals surface area contributed by atoms with Gasteiger partial charge in [-0.15, -0.1) is 5.06 Å². The molecule has 0 aromatic rings. The minimum atomic E-state index is -0.522. The second-order valence-electron chi connectivity index (χ2n) is 11.2. The van der Waals surface area contributed by atoms with E-state index in [2.05, 4.69) is 11.8 Å². The van der Waals surface area contributed by atoms with E-state index in [4.69, 9.17) is 14.3 Å². The van der Waals surface area contributed by atoms with Gasteiger partial charge in [0.1, 0.15) is 0 Å². The molecule has 3 heterocycles. The number of amides is 2. The van der Waals surface area contributed by atoms with Gasteiger partial charge in [0.2, 0.25) is 0 Å². The maximum atomic E-state index is 12.0. The maximum Gasteiger partial charge on any atom is 0.333 e. The molecule has 9 nitrogen and oxygen atoms in total. The molecule has 3 saturated heterocycles. The highest BCUT2D eigenvalue weighted by molar-refractivity contribution is 6.01. The molecule has 0 bridgehead atoms. The SMILES string of the molecule is C[C@@H]1C[C@H](O)C[C@@H](CCCN(CCCCCC(=O)ON2C(=O)CCC2=O)CCC[C@H]2CCC[C@H](C)O2)O1. The van der Waals surface area contributed by atoms with E-state index < -0.39 is 17.8 Å². The van der Waals surface area contributed by atoms with Crippen LogP contribution in [0.4, 0.5) is 0 Å². The predicted octanol–water partition coefficient (Wildman–Crippen LogP) is 3.90. The van der Waals surface area contributed by atoms with Crippen molar-refractivity contribution >= 4 is 17.8 Å². The zero-order valence-electron chi connectivity index (χ0n) is 22.9. The molecule has 0 aromatic heterocycles. The molecule has 0 radical (unpaired) electrons. The Morgan fingerprint density at radius 2 is 1.54 bits per heavy atom. The van der Waals surface area contributed by atoms with Gasteiger partial charge < -0.3 is 24.3 Å². The smallest absolute Gasteiger partial charge is 0.333 e. The Morgan fingerprint density at radius 3 is 2.22 bits per heavy atom. The van der Waals surface area contributed by atoms with Crippen molar-refractivity contribution in [2.45, 2.75) is 141 Å². The molecule has 212 valence electrons. The first kappa shape index (κ1) is 30.0. The van der Waals surface area contributed by atoms with Crippen LogP contribution >= 0.6 is 0 Å². The predicted molar refractivity (Wildman–Crippen MR) is 138 cm³/mol. The molecule has 3 fully saturated rings. The van der Waals surface area contributed by atoms with E-state index in [0.717, 1.165) is 83.8 Å². The number of imide groups is 1. The van der Waals surface area contributed by atoms with Gasteiger partial charge in [0.25, 0.3) is 11.8 Å². The van der Waals surface area contributed by atoms with Gasteiger partial charge in [-0.2, -0.15) is 0 Å². The molecule has 9 heteroatoms. The van der Waals surface area contributed by atoms with Crippen LogP contribution in [0.2, 0.25) is 0 Å². The third kappa shape index (κ3) is 11.0. The Morgan fingerprint density at radius 1 is 0.892 bits per heavy atom. The average Bonchev–Trinajstić information content (AvgIpc) is 3.15.